The van der Waals surface area contributed by atoms with E-state index in [0.717, 1.165) is 0 Å². The molecular formula is C13H14O5. The van der Waals surface area contributed by atoms with E-state index in [1.165, 1.54) is 0 Å². The van der Waals surface area contributed by atoms with Gasteiger partial charge in [0.25, 0.3) is 0 Å². The molecule has 1 unspecified atom stereocenters. The smallest absolute Gasteiger partial charge is 0.338 e. The van der Waals surface area contributed by atoms with Crippen molar-refractivity contribution in [1.82, 2.24) is 0 Å². The molecule has 0 bridgehead atoms. The highest BCUT2D eigenvalue weighted by atomic mass is 16.5. The predicted molar refractivity (Wildman–Crippen MR) is 62.9 cm³/mol. The SMILES string of the molecule is CCOC(=O)c1ccc2c(c1)C(C(=O)O)CCO2. The number of benzene rings is 1. The van der Waals surface area contributed by atoms with E-state index >= 15 is 0 Å². The number of hydrogen-bond acceptors (Lipinski definition) is 4. The second-order valence-corrected chi connectivity index (χ2v) is 4.00. The van der Waals surface area contributed by atoms with Gasteiger partial charge in [-0.25, -0.2) is 4.79 Å². The Labute approximate surface area is 104 Å². The first-order chi connectivity index (χ1) is 8.63. The summed E-state index contributed by atoms with van der Waals surface area (Å²) in [4.78, 5) is 22.7. The topological polar surface area (TPSA) is 72.8 Å². The van der Waals surface area contributed by atoms with Crippen LogP contribution in [0.5, 0.6) is 5.75 Å². The normalized spacial score (nSPS) is 17.5. The summed E-state index contributed by atoms with van der Waals surface area (Å²) in [7, 11) is 0. The molecule has 1 aliphatic rings. The maximum absolute atomic E-state index is 11.6. The van der Waals surface area contributed by atoms with E-state index in [1.54, 1.807) is 25.1 Å². The maximum Gasteiger partial charge on any atom is 0.338 e. The predicted octanol–water partition coefficient (Wildman–Crippen LogP) is 1.81. The molecule has 0 fully saturated rings. The molecule has 1 atom stereocenters. The molecular weight excluding hydrogens is 236 g/mol. The minimum atomic E-state index is -0.902. The highest BCUT2D eigenvalue weighted by Gasteiger charge is 2.28. The Morgan fingerprint density at radius 2 is 2.28 bits per heavy atom. The summed E-state index contributed by atoms with van der Waals surface area (Å²) >= 11 is 0. The number of hydrogen-bond donors (Lipinski definition) is 1. The number of ether oxygens (including phenoxy) is 2. The fourth-order valence-electron chi connectivity index (χ4n) is 1.99. The number of aliphatic carboxylic acids is 1. The number of carboxylic acids is 1. The van der Waals surface area contributed by atoms with Gasteiger partial charge in [0, 0.05) is 5.56 Å². The van der Waals surface area contributed by atoms with Crippen LogP contribution in [0.25, 0.3) is 0 Å². The first-order valence-electron chi connectivity index (χ1n) is 5.80. The molecule has 1 N–H and O–H groups in total. The summed E-state index contributed by atoms with van der Waals surface area (Å²) in [6.45, 7) is 2.39. The molecule has 0 amide bonds. The number of fused-ring (bicyclic) bond motifs is 1. The van der Waals surface area contributed by atoms with Crippen molar-refractivity contribution in [3.63, 3.8) is 0 Å². The van der Waals surface area contributed by atoms with Gasteiger partial charge in [-0.05, 0) is 31.5 Å². The Kier molecular flexibility index (Phi) is 3.50. The van der Waals surface area contributed by atoms with Crippen LogP contribution in [-0.2, 0) is 9.53 Å². The molecule has 0 saturated heterocycles. The summed E-state index contributed by atoms with van der Waals surface area (Å²) in [6.07, 6.45) is 0.411. The van der Waals surface area contributed by atoms with Gasteiger partial charge in [-0.1, -0.05) is 0 Å². The lowest BCUT2D eigenvalue weighted by Crippen LogP contribution is -2.21. The molecule has 0 radical (unpaired) electrons. The van der Waals surface area contributed by atoms with Gasteiger partial charge in [-0.3, -0.25) is 4.79 Å². The summed E-state index contributed by atoms with van der Waals surface area (Å²) in [5, 5.41) is 9.15. The first-order valence-corrected chi connectivity index (χ1v) is 5.80. The molecule has 1 aromatic carbocycles. The van der Waals surface area contributed by atoms with E-state index in [9.17, 15) is 9.59 Å². The molecule has 1 aliphatic heterocycles. The van der Waals surface area contributed by atoms with Crippen molar-refractivity contribution in [2.24, 2.45) is 0 Å². The van der Waals surface area contributed by atoms with Crippen LogP contribution < -0.4 is 4.74 Å². The van der Waals surface area contributed by atoms with Gasteiger partial charge >= 0.3 is 11.9 Å². The van der Waals surface area contributed by atoms with Crippen LogP contribution in [0.3, 0.4) is 0 Å². The highest BCUT2D eigenvalue weighted by Crippen LogP contribution is 2.34. The van der Waals surface area contributed by atoms with Crippen LogP contribution in [0, 0.1) is 0 Å². The van der Waals surface area contributed by atoms with Crippen molar-refractivity contribution in [2.75, 3.05) is 13.2 Å². The van der Waals surface area contributed by atoms with Gasteiger partial charge in [-0.15, -0.1) is 0 Å². The van der Waals surface area contributed by atoms with E-state index in [-0.39, 0.29) is 6.61 Å². The molecule has 96 valence electrons. The van der Waals surface area contributed by atoms with Gasteiger partial charge in [0.2, 0.25) is 0 Å². The zero-order valence-electron chi connectivity index (χ0n) is 10.0. The van der Waals surface area contributed by atoms with Gasteiger partial charge in [0.1, 0.15) is 5.75 Å². The molecule has 2 rings (SSSR count). The molecule has 5 nitrogen and oxygen atoms in total. The Balaban J connectivity index is 2.36. The molecule has 0 aliphatic carbocycles. The lowest BCUT2D eigenvalue weighted by atomic mass is 9.92. The molecule has 1 aromatic rings. The second kappa shape index (κ2) is 5.08. The van der Waals surface area contributed by atoms with Gasteiger partial charge in [-0.2, -0.15) is 0 Å². The Hall–Kier alpha value is -2.04. The number of rotatable bonds is 3. The van der Waals surface area contributed by atoms with Crippen LogP contribution in [0.1, 0.15) is 35.2 Å². The lowest BCUT2D eigenvalue weighted by molar-refractivity contribution is -0.139. The van der Waals surface area contributed by atoms with Crippen LogP contribution >= 0.6 is 0 Å². The van der Waals surface area contributed by atoms with E-state index in [2.05, 4.69) is 0 Å². The third kappa shape index (κ3) is 2.30. The largest absolute Gasteiger partial charge is 0.493 e. The van der Waals surface area contributed by atoms with Crippen LogP contribution in [0.15, 0.2) is 18.2 Å². The number of carbonyl (C=O) groups excluding carboxylic acids is 1. The van der Waals surface area contributed by atoms with E-state index in [1.807, 2.05) is 0 Å². The van der Waals surface area contributed by atoms with Crippen molar-refractivity contribution < 1.29 is 24.2 Å². The van der Waals surface area contributed by atoms with E-state index in [4.69, 9.17) is 14.6 Å². The Morgan fingerprint density at radius 3 is 2.94 bits per heavy atom. The summed E-state index contributed by atoms with van der Waals surface area (Å²) in [6, 6.07) is 4.75. The number of carbonyl (C=O) groups is 2. The third-order valence-corrected chi connectivity index (χ3v) is 2.86. The minimum absolute atomic E-state index is 0.286. The summed E-state index contributed by atoms with van der Waals surface area (Å²) in [5.74, 6) is -1.44. The minimum Gasteiger partial charge on any atom is -0.493 e. The van der Waals surface area contributed by atoms with Crippen molar-refractivity contribution in [1.29, 1.82) is 0 Å². The van der Waals surface area contributed by atoms with Crippen molar-refractivity contribution in [3.8, 4) is 5.75 Å². The quantitative estimate of drug-likeness (QED) is 0.828. The zero-order chi connectivity index (χ0) is 13.1. The number of esters is 1. The second-order valence-electron chi connectivity index (χ2n) is 4.00. The average Bonchev–Trinajstić information content (AvgIpc) is 2.37. The molecule has 18 heavy (non-hydrogen) atoms. The summed E-state index contributed by atoms with van der Waals surface area (Å²) in [5.41, 5.74) is 0.895. The van der Waals surface area contributed by atoms with E-state index in [0.29, 0.717) is 29.9 Å². The number of carboxylic acid groups (broad SMARTS) is 1. The van der Waals surface area contributed by atoms with Gasteiger partial charge < -0.3 is 14.6 Å². The maximum atomic E-state index is 11.6. The highest BCUT2D eigenvalue weighted by molar-refractivity contribution is 5.90. The molecule has 0 spiro atoms. The van der Waals surface area contributed by atoms with Crippen LogP contribution in [0.4, 0.5) is 0 Å². The van der Waals surface area contributed by atoms with Crippen LogP contribution in [0.2, 0.25) is 0 Å². The third-order valence-electron chi connectivity index (χ3n) is 2.86. The lowest BCUT2D eigenvalue weighted by Gasteiger charge is -2.23. The zero-order valence-corrected chi connectivity index (χ0v) is 10.0. The standard InChI is InChI=1S/C13H14O5/c1-2-17-13(16)8-3-4-11-10(7-8)9(12(14)15)5-6-18-11/h3-4,7,9H,2,5-6H2,1H3,(H,14,15). The van der Waals surface area contributed by atoms with Crippen LogP contribution in [-0.4, -0.2) is 30.3 Å². The molecule has 5 heteroatoms. The van der Waals surface area contributed by atoms with E-state index < -0.39 is 17.9 Å². The van der Waals surface area contributed by atoms with Gasteiger partial charge in [0.05, 0.1) is 24.7 Å². The summed E-state index contributed by atoms with van der Waals surface area (Å²) < 4.78 is 10.3. The Bertz CT molecular complexity index is 480. The Morgan fingerprint density at radius 1 is 1.50 bits per heavy atom. The fourth-order valence-corrected chi connectivity index (χ4v) is 1.99. The molecule has 0 saturated carbocycles. The molecule has 0 aromatic heterocycles. The molecule has 1 heterocycles. The fraction of sp³-hybridized carbons (Fsp3) is 0.385. The van der Waals surface area contributed by atoms with Crippen molar-refractivity contribution in [2.45, 2.75) is 19.3 Å². The monoisotopic (exact) mass is 250 g/mol. The van der Waals surface area contributed by atoms with Crippen molar-refractivity contribution >= 4 is 11.9 Å². The first kappa shape index (κ1) is 12.4. The average molecular weight is 250 g/mol. The van der Waals surface area contributed by atoms with Crippen molar-refractivity contribution in [3.05, 3.63) is 29.3 Å². The van der Waals surface area contributed by atoms with Gasteiger partial charge in [0.15, 0.2) is 0 Å².